The average molecular weight is 430 g/mol. The van der Waals surface area contributed by atoms with E-state index < -0.39 is 49.4 Å². The van der Waals surface area contributed by atoms with Gasteiger partial charge in [0.25, 0.3) is 0 Å². The van der Waals surface area contributed by atoms with Gasteiger partial charge in [0.05, 0.1) is 6.61 Å². The van der Waals surface area contributed by atoms with Crippen LogP contribution in [0.1, 0.15) is 44.0 Å². The molecule has 11 heteroatoms. The summed E-state index contributed by atoms with van der Waals surface area (Å²) in [5.41, 5.74) is -1.61. The van der Waals surface area contributed by atoms with Gasteiger partial charge in [0.15, 0.2) is 23.3 Å². The van der Waals surface area contributed by atoms with Crippen LogP contribution in [-0.2, 0) is 18.0 Å². The molecule has 0 aromatic heterocycles. The largest absolute Gasteiger partial charge is 0.500 e. The van der Waals surface area contributed by atoms with Crippen molar-refractivity contribution in [1.82, 2.24) is 0 Å². The molecule has 0 aliphatic heterocycles. The zero-order valence-electron chi connectivity index (χ0n) is 15.9. The van der Waals surface area contributed by atoms with E-state index in [4.69, 9.17) is 13.3 Å². The van der Waals surface area contributed by atoms with Gasteiger partial charge >= 0.3 is 14.8 Å². The van der Waals surface area contributed by atoms with E-state index in [-0.39, 0.29) is 13.0 Å². The van der Waals surface area contributed by atoms with Crippen molar-refractivity contribution in [3.63, 3.8) is 0 Å². The molecule has 0 saturated heterocycles. The molecule has 0 atom stereocenters. The summed E-state index contributed by atoms with van der Waals surface area (Å²) in [4.78, 5) is 11.7. The number of rotatable bonds is 12. The minimum absolute atomic E-state index is 0.253. The number of esters is 1. The molecule has 0 spiro atoms. The standard InChI is InChI=1S/C17H23F5O5Si/c1-4-25-28(26-5-2,27-6-3)10-8-7-9-24-17(23)11-12(18)14(20)16(22)15(21)13(11)19/h4-10H2,1-3H3. The lowest BCUT2D eigenvalue weighted by molar-refractivity contribution is 0.0479. The van der Waals surface area contributed by atoms with E-state index in [9.17, 15) is 26.7 Å². The molecule has 0 fully saturated rings. The first-order chi connectivity index (χ1) is 13.2. The maximum atomic E-state index is 13.6. The summed E-state index contributed by atoms with van der Waals surface area (Å²) in [6, 6.07) is 0.419. The lowest BCUT2D eigenvalue weighted by Crippen LogP contribution is -2.45. The fourth-order valence-electron chi connectivity index (χ4n) is 2.47. The molecule has 0 heterocycles. The minimum Gasteiger partial charge on any atom is -0.462 e. The molecule has 0 N–H and O–H groups in total. The van der Waals surface area contributed by atoms with Gasteiger partial charge in [-0.1, -0.05) is 0 Å². The topological polar surface area (TPSA) is 54.0 Å². The molecule has 0 saturated carbocycles. The highest BCUT2D eigenvalue weighted by Crippen LogP contribution is 2.24. The van der Waals surface area contributed by atoms with Gasteiger partial charge in [-0.25, -0.2) is 26.7 Å². The van der Waals surface area contributed by atoms with Crippen molar-refractivity contribution in [2.75, 3.05) is 26.4 Å². The van der Waals surface area contributed by atoms with Gasteiger partial charge in [-0.2, -0.15) is 0 Å². The summed E-state index contributed by atoms with van der Waals surface area (Å²) in [6.07, 6.45) is 0.694. The van der Waals surface area contributed by atoms with E-state index in [0.29, 0.717) is 32.3 Å². The smallest absolute Gasteiger partial charge is 0.462 e. The van der Waals surface area contributed by atoms with Gasteiger partial charge in [0, 0.05) is 25.9 Å². The van der Waals surface area contributed by atoms with E-state index >= 15 is 0 Å². The van der Waals surface area contributed by atoms with Crippen LogP contribution >= 0.6 is 0 Å². The van der Waals surface area contributed by atoms with Crippen molar-refractivity contribution in [3.05, 3.63) is 34.6 Å². The highest BCUT2D eigenvalue weighted by atomic mass is 28.4. The monoisotopic (exact) mass is 430 g/mol. The second-order valence-electron chi connectivity index (χ2n) is 5.52. The van der Waals surface area contributed by atoms with Crippen LogP contribution < -0.4 is 0 Å². The van der Waals surface area contributed by atoms with Gasteiger partial charge in [0.1, 0.15) is 5.56 Å². The molecule has 28 heavy (non-hydrogen) atoms. The average Bonchev–Trinajstić information content (AvgIpc) is 2.65. The molecule has 0 radical (unpaired) electrons. The Labute approximate surface area is 161 Å². The normalized spacial score (nSPS) is 11.7. The van der Waals surface area contributed by atoms with Crippen LogP contribution in [0.3, 0.4) is 0 Å². The third-order valence-corrected chi connectivity index (χ3v) is 6.77. The van der Waals surface area contributed by atoms with Gasteiger partial charge < -0.3 is 18.0 Å². The van der Waals surface area contributed by atoms with Gasteiger partial charge in [-0.15, -0.1) is 0 Å². The van der Waals surface area contributed by atoms with Gasteiger partial charge in [-0.3, -0.25) is 0 Å². The second kappa shape index (κ2) is 11.4. The third kappa shape index (κ3) is 5.97. The Kier molecular flexibility index (Phi) is 10.0. The van der Waals surface area contributed by atoms with Crippen LogP contribution in [-0.4, -0.2) is 41.2 Å². The summed E-state index contributed by atoms with van der Waals surface area (Å²) in [5, 5.41) is 0. The lowest BCUT2D eigenvalue weighted by atomic mass is 10.1. The molecule has 0 aliphatic carbocycles. The Morgan fingerprint density at radius 1 is 0.750 bits per heavy atom. The highest BCUT2D eigenvalue weighted by Gasteiger charge is 2.39. The van der Waals surface area contributed by atoms with Crippen molar-refractivity contribution < 1.29 is 44.8 Å². The van der Waals surface area contributed by atoms with Crippen LogP contribution in [0.5, 0.6) is 0 Å². The number of halogens is 5. The number of carbonyl (C=O) groups is 1. The first-order valence-corrected chi connectivity index (χ1v) is 10.8. The van der Waals surface area contributed by atoms with E-state index in [2.05, 4.69) is 4.74 Å². The van der Waals surface area contributed by atoms with Crippen molar-refractivity contribution in [2.45, 2.75) is 39.7 Å². The highest BCUT2D eigenvalue weighted by molar-refractivity contribution is 6.60. The lowest BCUT2D eigenvalue weighted by Gasteiger charge is -2.28. The number of unbranched alkanes of at least 4 members (excludes halogenated alkanes) is 1. The van der Waals surface area contributed by atoms with Crippen LogP contribution in [0.25, 0.3) is 0 Å². The third-order valence-electron chi connectivity index (χ3n) is 3.62. The molecule has 0 bridgehead atoms. The summed E-state index contributed by atoms with van der Waals surface area (Å²) >= 11 is 0. The molecule has 5 nitrogen and oxygen atoms in total. The van der Waals surface area contributed by atoms with Crippen LogP contribution in [0.2, 0.25) is 6.04 Å². The fourth-order valence-corrected chi connectivity index (χ4v) is 5.15. The Morgan fingerprint density at radius 2 is 1.18 bits per heavy atom. The van der Waals surface area contributed by atoms with Crippen LogP contribution in [0.15, 0.2) is 0 Å². The SMILES string of the molecule is CCO[Si](CCCCOC(=O)c1c(F)c(F)c(F)c(F)c1F)(OCC)OCC. The summed E-state index contributed by atoms with van der Waals surface area (Å²) in [6.45, 7) is 6.28. The molecular formula is C17H23F5O5Si. The van der Waals surface area contributed by atoms with E-state index in [1.165, 1.54) is 0 Å². The van der Waals surface area contributed by atoms with Gasteiger partial charge in [-0.05, 0) is 33.6 Å². The van der Waals surface area contributed by atoms with E-state index in [0.717, 1.165) is 0 Å². The predicted octanol–water partition coefficient (Wildman–Crippen LogP) is 4.37. The molecule has 1 rings (SSSR count). The van der Waals surface area contributed by atoms with Crippen LogP contribution in [0.4, 0.5) is 22.0 Å². The number of hydrogen-bond acceptors (Lipinski definition) is 5. The van der Waals surface area contributed by atoms with Gasteiger partial charge in [0.2, 0.25) is 5.82 Å². The minimum atomic E-state index is -2.88. The number of hydrogen-bond donors (Lipinski definition) is 0. The number of benzene rings is 1. The second-order valence-corrected chi connectivity index (χ2v) is 8.25. The summed E-state index contributed by atoms with van der Waals surface area (Å²) in [7, 11) is -2.88. The fraction of sp³-hybridized carbons (Fsp3) is 0.588. The van der Waals surface area contributed by atoms with Crippen molar-refractivity contribution in [2.24, 2.45) is 0 Å². The maximum absolute atomic E-state index is 13.6. The van der Waals surface area contributed by atoms with Crippen LogP contribution in [0, 0.1) is 29.1 Å². The van der Waals surface area contributed by atoms with Crippen molar-refractivity contribution in [3.8, 4) is 0 Å². The molecule has 0 aliphatic rings. The molecule has 1 aromatic carbocycles. The van der Waals surface area contributed by atoms with E-state index in [1.807, 2.05) is 0 Å². The van der Waals surface area contributed by atoms with E-state index in [1.54, 1.807) is 20.8 Å². The molecular weight excluding hydrogens is 407 g/mol. The Morgan fingerprint density at radius 3 is 1.61 bits per heavy atom. The maximum Gasteiger partial charge on any atom is 0.500 e. The first-order valence-electron chi connectivity index (χ1n) is 8.85. The Balaban J connectivity index is 2.66. The molecule has 1 aromatic rings. The number of ether oxygens (including phenoxy) is 1. The molecule has 160 valence electrons. The number of carbonyl (C=O) groups excluding carboxylic acids is 1. The quantitative estimate of drug-likeness (QED) is 0.123. The first kappa shape index (κ1) is 24.5. The molecule has 0 unspecified atom stereocenters. The Bertz CT molecular complexity index is 628. The summed E-state index contributed by atoms with van der Waals surface area (Å²) < 4.78 is 88.0. The predicted molar refractivity (Wildman–Crippen MR) is 91.2 cm³/mol. The molecule has 0 amide bonds. The Hall–Kier alpha value is -1.56. The van der Waals surface area contributed by atoms with Crippen molar-refractivity contribution in [1.29, 1.82) is 0 Å². The zero-order valence-corrected chi connectivity index (χ0v) is 16.9. The zero-order chi connectivity index (χ0) is 21.3. The summed E-state index contributed by atoms with van der Waals surface area (Å²) in [5.74, 6) is -12.8. The van der Waals surface area contributed by atoms with Crippen molar-refractivity contribution >= 4 is 14.8 Å².